The molecule has 1 fully saturated rings. The Morgan fingerprint density at radius 2 is 1.93 bits per heavy atom. The summed E-state index contributed by atoms with van der Waals surface area (Å²) in [5, 5.41) is 0. The first kappa shape index (κ1) is 19.8. The largest absolute Gasteiger partial charge is 0.379 e. The van der Waals surface area contributed by atoms with Crippen molar-refractivity contribution in [1.82, 2.24) is 24.3 Å². The molecule has 0 aromatic carbocycles. The summed E-state index contributed by atoms with van der Waals surface area (Å²) in [7, 11) is 0. The van der Waals surface area contributed by atoms with Gasteiger partial charge in [-0.05, 0) is 42.3 Å². The maximum Gasteiger partial charge on any atom is 0.136 e. The first-order chi connectivity index (χ1) is 14.3. The highest BCUT2D eigenvalue weighted by molar-refractivity contribution is 5.29. The molecule has 152 valence electrons. The van der Waals surface area contributed by atoms with Crippen LogP contribution in [0.1, 0.15) is 16.8 Å². The van der Waals surface area contributed by atoms with Gasteiger partial charge in [0.2, 0.25) is 0 Å². The van der Waals surface area contributed by atoms with Gasteiger partial charge in [0.15, 0.2) is 0 Å². The van der Waals surface area contributed by atoms with Gasteiger partial charge in [0.05, 0.1) is 13.2 Å². The quantitative estimate of drug-likeness (QED) is 0.591. The van der Waals surface area contributed by atoms with Crippen LogP contribution in [-0.4, -0.2) is 63.7 Å². The van der Waals surface area contributed by atoms with Crippen molar-refractivity contribution in [1.29, 1.82) is 0 Å². The van der Waals surface area contributed by atoms with Gasteiger partial charge in [-0.15, -0.1) is 0 Å². The Balaban J connectivity index is 1.48. The summed E-state index contributed by atoms with van der Waals surface area (Å²) in [5.41, 5.74) is 3.65. The average Bonchev–Trinajstić information content (AvgIpc) is 3.22. The number of pyridine rings is 2. The summed E-state index contributed by atoms with van der Waals surface area (Å²) in [6, 6.07) is 12.6. The van der Waals surface area contributed by atoms with Crippen molar-refractivity contribution in [3.05, 3.63) is 78.0 Å². The van der Waals surface area contributed by atoms with E-state index in [0.29, 0.717) is 0 Å². The van der Waals surface area contributed by atoms with Crippen molar-refractivity contribution in [2.75, 3.05) is 39.4 Å². The van der Waals surface area contributed by atoms with E-state index in [1.54, 1.807) is 0 Å². The van der Waals surface area contributed by atoms with Gasteiger partial charge in [-0.1, -0.05) is 12.1 Å². The summed E-state index contributed by atoms with van der Waals surface area (Å²) < 4.78 is 7.67. The van der Waals surface area contributed by atoms with Crippen LogP contribution < -0.4 is 0 Å². The number of ether oxygens (including phenoxy) is 1. The molecular formula is C23H29N5O. The number of aromatic nitrogens is 3. The molecule has 29 heavy (non-hydrogen) atoms. The molecule has 0 spiro atoms. The van der Waals surface area contributed by atoms with Gasteiger partial charge < -0.3 is 9.30 Å². The fraction of sp³-hybridized carbons (Fsp3) is 0.391. The maximum atomic E-state index is 5.49. The van der Waals surface area contributed by atoms with E-state index in [-0.39, 0.29) is 0 Å². The van der Waals surface area contributed by atoms with Gasteiger partial charge >= 0.3 is 0 Å². The van der Waals surface area contributed by atoms with E-state index in [9.17, 15) is 0 Å². The Hall–Kier alpha value is -2.54. The van der Waals surface area contributed by atoms with Gasteiger partial charge in [0, 0.05) is 69.7 Å². The molecule has 0 N–H and O–H groups in total. The summed E-state index contributed by atoms with van der Waals surface area (Å²) >= 11 is 0. The van der Waals surface area contributed by atoms with Gasteiger partial charge in [-0.25, -0.2) is 4.98 Å². The van der Waals surface area contributed by atoms with Crippen LogP contribution >= 0.6 is 0 Å². The SMILES string of the molecule is Cc1ccc(-n2cccc2CN(CCN2CCOCC2)Cc2cccnc2)nc1. The van der Waals surface area contributed by atoms with E-state index < -0.39 is 0 Å². The van der Waals surface area contributed by atoms with Gasteiger partial charge in [-0.2, -0.15) is 0 Å². The second-order valence-electron chi connectivity index (χ2n) is 7.59. The maximum absolute atomic E-state index is 5.49. The molecule has 0 radical (unpaired) electrons. The second kappa shape index (κ2) is 9.78. The van der Waals surface area contributed by atoms with Crippen molar-refractivity contribution in [3.8, 4) is 5.82 Å². The highest BCUT2D eigenvalue weighted by Crippen LogP contribution is 2.15. The second-order valence-corrected chi connectivity index (χ2v) is 7.59. The third-order valence-electron chi connectivity index (χ3n) is 5.33. The minimum absolute atomic E-state index is 0.838. The molecule has 1 aliphatic heterocycles. The summed E-state index contributed by atoms with van der Waals surface area (Å²) in [4.78, 5) is 13.9. The molecule has 0 aliphatic carbocycles. The molecular weight excluding hydrogens is 362 g/mol. The summed E-state index contributed by atoms with van der Waals surface area (Å²) in [5.74, 6) is 0.963. The molecule has 6 heteroatoms. The number of morpholine rings is 1. The topological polar surface area (TPSA) is 46.4 Å². The monoisotopic (exact) mass is 391 g/mol. The van der Waals surface area contributed by atoms with Crippen molar-refractivity contribution in [3.63, 3.8) is 0 Å². The van der Waals surface area contributed by atoms with Crippen molar-refractivity contribution >= 4 is 0 Å². The highest BCUT2D eigenvalue weighted by atomic mass is 16.5. The minimum atomic E-state index is 0.838. The van der Waals surface area contributed by atoms with Crippen LogP contribution in [0.15, 0.2) is 61.2 Å². The predicted octanol–water partition coefficient (Wildman–Crippen LogP) is 2.91. The van der Waals surface area contributed by atoms with E-state index in [1.165, 1.54) is 16.8 Å². The number of rotatable bonds is 8. The Morgan fingerprint density at radius 3 is 2.69 bits per heavy atom. The Labute approximate surface area is 172 Å². The highest BCUT2D eigenvalue weighted by Gasteiger charge is 2.15. The number of nitrogens with zero attached hydrogens (tertiary/aromatic N) is 5. The Morgan fingerprint density at radius 1 is 1.03 bits per heavy atom. The molecule has 1 aliphatic rings. The van der Waals surface area contributed by atoms with E-state index in [4.69, 9.17) is 4.74 Å². The summed E-state index contributed by atoms with van der Waals surface area (Å²) in [6.07, 6.45) is 7.81. The van der Waals surface area contributed by atoms with Crippen molar-refractivity contribution in [2.24, 2.45) is 0 Å². The van der Waals surface area contributed by atoms with Gasteiger partial charge in [-0.3, -0.25) is 14.8 Å². The third kappa shape index (κ3) is 5.50. The smallest absolute Gasteiger partial charge is 0.136 e. The van der Waals surface area contributed by atoms with E-state index in [2.05, 4.69) is 67.8 Å². The molecule has 0 atom stereocenters. The van der Waals surface area contributed by atoms with Gasteiger partial charge in [0.25, 0.3) is 0 Å². The zero-order chi connectivity index (χ0) is 19.9. The average molecular weight is 392 g/mol. The molecule has 0 unspecified atom stereocenters. The molecule has 3 aromatic heterocycles. The van der Waals surface area contributed by atoms with Crippen LogP contribution in [-0.2, 0) is 17.8 Å². The molecule has 1 saturated heterocycles. The minimum Gasteiger partial charge on any atom is -0.379 e. The molecule has 0 bridgehead atoms. The van der Waals surface area contributed by atoms with Gasteiger partial charge in [0.1, 0.15) is 5.82 Å². The zero-order valence-electron chi connectivity index (χ0n) is 17.1. The Bertz CT molecular complexity index is 872. The molecule has 6 nitrogen and oxygen atoms in total. The number of aryl methyl sites for hydroxylation is 1. The lowest BCUT2D eigenvalue weighted by atomic mass is 10.2. The number of hydrogen-bond donors (Lipinski definition) is 0. The lowest BCUT2D eigenvalue weighted by Crippen LogP contribution is -2.41. The standard InChI is InChI=1S/C23H29N5O/c1-20-6-7-23(25-16-20)28-9-3-5-22(28)19-27(18-21-4-2-8-24-17-21)11-10-26-12-14-29-15-13-26/h2-9,16-17H,10-15,18-19H2,1H3. The summed E-state index contributed by atoms with van der Waals surface area (Å²) in [6.45, 7) is 9.57. The first-order valence-electron chi connectivity index (χ1n) is 10.3. The van der Waals surface area contributed by atoms with Crippen LogP contribution in [0.5, 0.6) is 0 Å². The first-order valence-corrected chi connectivity index (χ1v) is 10.3. The lowest BCUT2D eigenvalue weighted by Gasteiger charge is -2.30. The third-order valence-corrected chi connectivity index (χ3v) is 5.33. The van der Waals surface area contributed by atoms with Crippen LogP contribution in [0.4, 0.5) is 0 Å². The molecule has 4 rings (SSSR count). The molecule has 3 aromatic rings. The number of hydrogen-bond acceptors (Lipinski definition) is 5. The predicted molar refractivity (Wildman–Crippen MR) is 114 cm³/mol. The molecule has 0 saturated carbocycles. The van der Waals surface area contributed by atoms with Crippen molar-refractivity contribution < 1.29 is 4.74 Å². The molecule has 4 heterocycles. The molecule has 0 amide bonds. The zero-order valence-corrected chi connectivity index (χ0v) is 17.1. The van der Waals surface area contributed by atoms with Crippen LogP contribution in [0.2, 0.25) is 0 Å². The van der Waals surface area contributed by atoms with Crippen LogP contribution in [0.25, 0.3) is 5.82 Å². The fourth-order valence-corrected chi connectivity index (χ4v) is 3.67. The lowest BCUT2D eigenvalue weighted by molar-refractivity contribution is 0.0324. The van der Waals surface area contributed by atoms with Crippen LogP contribution in [0.3, 0.4) is 0 Å². The van der Waals surface area contributed by atoms with E-state index in [1.807, 2.05) is 24.7 Å². The van der Waals surface area contributed by atoms with E-state index >= 15 is 0 Å². The van der Waals surface area contributed by atoms with Crippen LogP contribution in [0, 0.1) is 6.92 Å². The normalized spacial score (nSPS) is 15.1. The Kier molecular flexibility index (Phi) is 6.67. The van der Waals surface area contributed by atoms with E-state index in [0.717, 1.165) is 58.3 Å². The fourth-order valence-electron chi connectivity index (χ4n) is 3.67. The van der Waals surface area contributed by atoms with Crippen molar-refractivity contribution in [2.45, 2.75) is 20.0 Å².